The van der Waals surface area contributed by atoms with Gasteiger partial charge in [0.05, 0.1) is 16.4 Å². The lowest BCUT2D eigenvalue weighted by Crippen LogP contribution is -2.28. The molecule has 2 aromatic heterocycles. The largest absolute Gasteiger partial charge is 0.456 e. The molecule has 2 heterocycles. The van der Waals surface area contributed by atoms with Gasteiger partial charge in [-0.25, -0.2) is 0 Å². The standard InChI is InChI=1S/C49H31NO/c1-3-13-34(14-4-1)49(35-15-5-2-6-16-35)43-29-32(33-24-27-42-41-19-9-12-22-47(41)51-48(42)30-33)23-26-37(43)38-28-25-36(31-44(38)49)50-45-20-10-7-17-39(45)40-18-8-11-21-46(40)50/h1-31H. The third-order valence-corrected chi connectivity index (χ3v) is 11.1. The van der Waals surface area contributed by atoms with Crippen LogP contribution in [0.5, 0.6) is 0 Å². The molecule has 0 radical (unpaired) electrons. The summed E-state index contributed by atoms with van der Waals surface area (Å²) in [7, 11) is 0. The topological polar surface area (TPSA) is 18.1 Å². The molecule has 11 rings (SSSR count). The van der Waals surface area contributed by atoms with Gasteiger partial charge in [0.1, 0.15) is 11.2 Å². The van der Waals surface area contributed by atoms with Crippen LogP contribution in [0.3, 0.4) is 0 Å². The van der Waals surface area contributed by atoms with E-state index in [1.165, 1.54) is 60.8 Å². The molecule has 0 spiro atoms. The van der Waals surface area contributed by atoms with Crippen molar-refractivity contribution in [1.82, 2.24) is 4.57 Å². The van der Waals surface area contributed by atoms with Crippen LogP contribution in [0.2, 0.25) is 0 Å². The van der Waals surface area contributed by atoms with E-state index < -0.39 is 5.41 Å². The van der Waals surface area contributed by atoms with Gasteiger partial charge in [0.15, 0.2) is 0 Å². The molecule has 0 unspecified atom stereocenters. The predicted octanol–water partition coefficient (Wildman–Crippen LogP) is 12.7. The smallest absolute Gasteiger partial charge is 0.136 e. The summed E-state index contributed by atoms with van der Waals surface area (Å²) in [5.74, 6) is 0. The highest BCUT2D eigenvalue weighted by Gasteiger charge is 2.46. The van der Waals surface area contributed by atoms with Gasteiger partial charge in [0, 0.05) is 27.2 Å². The molecule has 0 saturated heterocycles. The van der Waals surface area contributed by atoms with E-state index in [1.54, 1.807) is 0 Å². The summed E-state index contributed by atoms with van der Waals surface area (Å²) in [5.41, 5.74) is 14.8. The first kappa shape index (κ1) is 28.2. The van der Waals surface area contributed by atoms with Crippen LogP contribution in [-0.2, 0) is 5.41 Å². The van der Waals surface area contributed by atoms with Crippen molar-refractivity contribution >= 4 is 43.7 Å². The van der Waals surface area contributed by atoms with Crippen molar-refractivity contribution in [2.75, 3.05) is 0 Å². The lowest BCUT2D eigenvalue weighted by molar-refractivity contribution is 0.669. The van der Waals surface area contributed by atoms with Crippen LogP contribution in [-0.4, -0.2) is 4.57 Å². The summed E-state index contributed by atoms with van der Waals surface area (Å²) in [6.07, 6.45) is 0. The third-order valence-electron chi connectivity index (χ3n) is 11.1. The molecular formula is C49H31NO. The molecule has 1 aliphatic carbocycles. The summed E-state index contributed by atoms with van der Waals surface area (Å²) in [6.45, 7) is 0. The lowest BCUT2D eigenvalue weighted by atomic mass is 9.67. The summed E-state index contributed by atoms with van der Waals surface area (Å²) < 4.78 is 8.78. The first-order valence-electron chi connectivity index (χ1n) is 17.6. The van der Waals surface area contributed by atoms with Gasteiger partial charge in [-0.05, 0) is 93.0 Å². The van der Waals surface area contributed by atoms with E-state index >= 15 is 0 Å². The average molecular weight is 650 g/mol. The van der Waals surface area contributed by atoms with E-state index in [0.717, 1.165) is 33.2 Å². The number of para-hydroxylation sites is 3. The number of fused-ring (bicyclic) bond motifs is 9. The zero-order valence-corrected chi connectivity index (χ0v) is 27.8. The van der Waals surface area contributed by atoms with Crippen molar-refractivity contribution in [2.45, 2.75) is 5.41 Å². The second-order valence-electron chi connectivity index (χ2n) is 13.7. The van der Waals surface area contributed by atoms with Crippen LogP contribution in [0.15, 0.2) is 192 Å². The molecule has 238 valence electrons. The fourth-order valence-corrected chi connectivity index (χ4v) is 8.90. The van der Waals surface area contributed by atoms with E-state index in [2.05, 4.69) is 180 Å². The second-order valence-corrected chi connectivity index (χ2v) is 13.7. The quantitative estimate of drug-likeness (QED) is 0.186. The Labute approximate surface area is 295 Å². The molecule has 2 nitrogen and oxygen atoms in total. The number of rotatable bonds is 4. The maximum absolute atomic E-state index is 6.34. The molecule has 0 saturated carbocycles. The Balaban J connectivity index is 1.20. The molecule has 0 N–H and O–H groups in total. The second kappa shape index (κ2) is 10.7. The van der Waals surface area contributed by atoms with Crippen molar-refractivity contribution in [1.29, 1.82) is 0 Å². The number of hydrogen-bond acceptors (Lipinski definition) is 1. The van der Waals surface area contributed by atoms with Gasteiger partial charge in [-0.2, -0.15) is 0 Å². The fourth-order valence-electron chi connectivity index (χ4n) is 8.90. The van der Waals surface area contributed by atoms with Gasteiger partial charge < -0.3 is 8.98 Å². The van der Waals surface area contributed by atoms with Gasteiger partial charge in [-0.15, -0.1) is 0 Å². The van der Waals surface area contributed by atoms with Gasteiger partial charge in [-0.3, -0.25) is 0 Å². The number of aromatic nitrogens is 1. The summed E-state index contributed by atoms with van der Waals surface area (Å²) >= 11 is 0. The normalized spacial score (nSPS) is 13.3. The fraction of sp³-hybridized carbons (Fsp3) is 0.0204. The number of nitrogens with zero attached hydrogens (tertiary/aromatic N) is 1. The van der Waals surface area contributed by atoms with Crippen LogP contribution in [0.4, 0.5) is 0 Å². The third kappa shape index (κ3) is 3.93. The zero-order valence-electron chi connectivity index (χ0n) is 27.8. The summed E-state index contributed by atoms with van der Waals surface area (Å²) in [6, 6.07) is 68.7. The molecule has 0 bridgehead atoms. The summed E-state index contributed by atoms with van der Waals surface area (Å²) in [5, 5.41) is 4.82. The van der Waals surface area contributed by atoms with E-state index in [-0.39, 0.29) is 0 Å². The SMILES string of the molecule is c1ccc(C2(c3ccccc3)c3cc(-c4ccc5c(c4)oc4ccccc45)ccc3-c3ccc(-n4c5ccccc5c5ccccc54)cc32)cc1. The molecule has 10 aromatic rings. The molecule has 0 aliphatic heterocycles. The maximum Gasteiger partial charge on any atom is 0.136 e. The van der Waals surface area contributed by atoms with Gasteiger partial charge in [0.2, 0.25) is 0 Å². The Morgan fingerprint density at radius 2 is 0.882 bits per heavy atom. The first-order chi connectivity index (χ1) is 25.3. The van der Waals surface area contributed by atoms with Crippen molar-refractivity contribution in [2.24, 2.45) is 0 Å². The van der Waals surface area contributed by atoms with Crippen molar-refractivity contribution in [3.05, 3.63) is 210 Å². The highest BCUT2D eigenvalue weighted by atomic mass is 16.3. The van der Waals surface area contributed by atoms with E-state index in [4.69, 9.17) is 4.42 Å². The van der Waals surface area contributed by atoms with E-state index in [1.807, 2.05) is 12.1 Å². The van der Waals surface area contributed by atoms with Gasteiger partial charge in [-0.1, -0.05) is 140 Å². The highest BCUT2D eigenvalue weighted by molar-refractivity contribution is 6.09. The number of furan rings is 1. The van der Waals surface area contributed by atoms with Crippen LogP contribution in [0.1, 0.15) is 22.3 Å². The van der Waals surface area contributed by atoms with Crippen molar-refractivity contribution < 1.29 is 4.42 Å². The minimum atomic E-state index is -0.540. The molecule has 8 aromatic carbocycles. The average Bonchev–Trinajstić information content (AvgIpc) is 3.84. The molecule has 0 atom stereocenters. The number of benzene rings is 8. The van der Waals surface area contributed by atoms with Crippen molar-refractivity contribution in [3.8, 4) is 27.9 Å². The summed E-state index contributed by atoms with van der Waals surface area (Å²) in [4.78, 5) is 0. The molecule has 51 heavy (non-hydrogen) atoms. The zero-order chi connectivity index (χ0) is 33.5. The Hall–Kier alpha value is -6.64. The molecule has 0 amide bonds. The minimum absolute atomic E-state index is 0.540. The predicted molar refractivity (Wildman–Crippen MR) is 211 cm³/mol. The van der Waals surface area contributed by atoms with Gasteiger partial charge >= 0.3 is 0 Å². The van der Waals surface area contributed by atoms with E-state index in [9.17, 15) is 0 Å². The monoisotopic (exact) mass is 649 g/mol. The molecule has 1 aliphatic rings. The lowest BCUT2D eigenvalue weighted by Gasteiger charge is -2.34. The molecule has 2 heteroatoms. The first-order valence-corrected chi connectivity index (χ1v) is 17.6. The Kier molecular flexibility index (Phi) is 5.91. The molecular weight excluding hydrogens is 619 g/mol. The number of hydrogen-bond donors (Lipinski definition) is 0. The van der Waals surface area contributed by atoms with Crippen LogP contribution in [0.25, 0.3) is 71.7 Å². The van der Waals surface area contributed by atoms with Crippen molar-refractivity contribution in [3.63, 3.8) is 0 Å². The maximum atomic E-state index is 6.34. The van der Waals surface area contributed by atoms with Crippen LogP contribution < -0.4 is 0 Å². The van der Waals surface area contributed by atoms with Crippen LogP contribution in [0, 0.1) is 0 Å². The Bertz CT molecular complexity index is 2870. The Morgan fingerprint density at radius 1 is 0.373 bits per heavy atom. The highest BCUT2D eigenvalue weighted by Crippen LogP contribution is 2.57. The van der Waals surface area contributed by atoms with Crippen LogP contribution >= 0.6 is 0 Å². The van der Waals surface area contributed by atoms with E-state index in [0.29, 0.717) is 0 Å². The Morgan fingerprint density at radius 3 is 1.57 bits per heavy atom. The molecule has 0 fully saturated rings. The van der Waals surface area contributed by atoms with Gasteiger partial charge in [0.25, 0.3) is 0 Å². The minimum Gasteiger partial charge on any atom is -0.456 e.